The molecular formula is C21H14N4O3S. The van der Waals surface area contributed by atoms with Gasteiger partial charge in [-0.15, -0.1) is 0 Å². The predicted octanol–water partition coefficient (Wildman–Crippen LogP) is 6.06. The van der Waals surface area contributed by atoms with Crippen molar-refractivity contribution in [3.8, 4) is 11.1 Å². The summed E-state index contributed by atoms with van der Waals surface area (Å²) in [5.74, 6) is 0. The van der Waals surface area contributed by atoms with Crippen molar-refractivity contribution in [2.24, 2.45) is 0 Å². The number of aryl methyl sites for hydroxylation is 1. The van der Waals surface area contributed by atoms with Gasteiger partial charge in [0.05, 0.1) is 9.62 Å². The largest absolute Gasteiger partial charge is 0.423 e. The Labute approximate surface area is 168 Å². The number of aromatic nitrogens is 2. The Hall–Kier alpha value is -3.78. The number of nitrogens with one attached hydrogen (secondary N) is 1. The standard InChI is InChI=1S/C21H14N4O3S/c1-12-9-16(25(26)27)19-18(10-12)29-21(23-19)24-20-22-15-11-14(7-8-17(15)28-20)13-5-3-2-4-6-13/h2-11H,1H3,(H,22,23,24). The third-order valence-corrected chi connectivity index (χ3v) is 5.44. The summed E-state index contributed by atoms with van der Waals surface area (Å²) in [7, 11) is 0. The van der Waals surface area contributed by atoms with Crippen LogP contribution in [0.2, 0.25) is 0 Å². The van der Waals surface area contributed by atoms with Gasteiger partial charge < -0.3 is 4.42 Å². The molecule has 0 amide bonds. The molecule has 0 saturated heterocycles. The van der Waals surface area contributed by atoms with E-state index in [-0.39, 0.29) is 5.69 Å². The van der Waals surface area contributed by atoms with Crippen LogP contribution in [0.1, 0.15) is 5.56 Å². The Kier molecular flexibility index (Phi) is 3.99. The zero-order valence-electron chi connectivity index (χ0n) is 15.2. The minimum atomic E-state index is -0.413. The maximum atomic E-state index is 11.3. The molecule has 2 aromatic heterocycles. The van der Waals surface area contributed by atoms with Crippen molar-refractivity contribution in [2.75, 3.05) is 5.32 Å². The Morgan fingerprint density at radius 2 is 1.86 bits per heavy atom. The summed E-state index contributed by atoms with van der Waals surface area (Å²) in [4.78, 5) is 19.8. The smallest absolute Gasteiger partial charge is 0.302 e. The SMILES string of the molecule is Cc1cc([N+](=O)[O-])c2nc(Nc3nc4cc(-c5ccccc5)ccc4o3)sc2c1. The number of nitrogens with zero attached hydrogens (tertiary/aromatic N) is 3. The predicted molar refractivity (Wildman–Crippen MR) is 114 cm³/mol. The van der Waals surface area contributed by atoms with E-state index in [9.17, 15) is 10.1 Å². The zero-order chi connectivity index (χ0) is 20.0. The molecule has 0 saturated carbocycles. The molecule has 0 aliphatic heterocycles. The van der Waals surface area contributed by atoms with Gasteiger partial charge in [-0.25, -0.2) is 4.98 Å². The number of anilines is 2. The Morgan fingerprint density at radius 1 is 1.03 bits per heavy atom. The molecule has 0 atom stereocenters. The van der Waals surface area contributed by atoms with Gasteiger partial charge in [0, 0.05) is 6.07 Å². The summed E-state index contributed by atoms with van der Waals surface area (Å²) in [6.45, 7) is 1.82. The van der Waals surface area contributed by atoms with Crippen molar-refractivity contribution in [3.05, 3.63) is 76.3 Å². The van der Waals surface area contributed by atoms with Crippen molar-refractivity contribution in [1.29, 1.82) is 0 Å². The molecular weight excluding hydrogens is 388 g/mol. The van der Waals surface area contributed by atoms with E-state index < -0.39 is 4.92 Å². The number of fused-ring (bicyclic) bond motifs is 2. The summed E-state index contributed by atoms with van der Waals surface area (Å²) < 4.78 is 6.51. The van der Waals surface area contributed by atoms with Crippen LogP contribution in [0, 0.1) is 17.0 Å². The monoisotopic (exact) mass is 402 g/mol. The maximum Gasteiger partial charge on any atom is 0.302 e. The van der Waals surface area contributed by atoms with Gasteiger partial charge in [0.1, 0.15) is 5.52 Å². The van der Waals surface area contributed by atoms with Crippen LogP contribution in [0.4, 0.5) is 16.8 Å². The second-order valence-electron chi connectivity index (χ2n) is 6.60. The van der Waals surface area contributed by atoms with Gasteiger partial charge in [0.2, 0.25) is 0 Å². The molecule has 142 valence electrons. The minimum Gasteiger partial charge on any atom is -0.423 e. The highest BCUT2D eigenvalue weighted by Gasteiger charge is 2.18. The van der Waals surface area contributed by atoms with Gasteiger partial charge in [-0.1, -0.05) is 47.7 Å². The number of hydrogen-bond donors (Lipinski definition) is 1. The van der Waals surface area contributed by atoms with Crippen molar-refractivity contribution >= 4 is 49.5 Å². The lowest BCUT2D eigenvalue weighted by Gasteiger charge is -1.99. The summed E-state index contributed by atoms with van der Waals surface area (Å²) >= 11 is 1.32. The number of benzene rings is 3. The van der Waals surface area contributed by atoms with Crippen LogP contribution in [-0.4, -0.2) is 14.9 Å². The second-order valence-corrected chi connectivity index (χ2v) is 7.63. The van der Waals surface area contributed by atoms with Gasteiger partial charge >= 0.3 is 6.01 Å². The second kappa shape index (κ2) is 6.68. The van der Waals surface area contributed by atoms with Crippen molar-refractivity contribution in [1.82, 2.24) is 9.97 Å². The average Bonchev–Trinajstić information content (AvgIpc) is 3.30. The lowest BCUT2D eigenvalue weighted by atomic mass is 10.1. The fraction of sp³-hybridized carbons (Fsp3) is 0.0476. The van der Waals surface area contributed by atoms with E-state index in [2.05, 4.69) is 15.3 Å². The van der Waals surface area contributed by atoms with Crippen LogP contribution >= 0.6 is 11.3 Å². The first-order valence-electron chi connectivity index (χ1n) is 8.85. The maximum absolute atomic E-state index is 11.3. The number of nitro benzene ring substituents is 1. The molecule has 5 aromatic rings. The van der Waals surface area contributed by atoms with Gasteiger partial charge in [0.15, 0.2) is 16.2 Å². The Bertz CT molecular complexity index is 1380. The summed E-state index contributed by atoms with van der Waals surface area (Å²) in [5.41, 5.74) is 4.68. The first-order chi connectivity index (χ1) is 14.1. The molecule has 7 nitrogen and oxygen atoms in total. The number of oxazole rings is 1. The van der Waals surface area contributed by atoms with Gasteiger partial charge in [0.25, 0.3) is 5.69 Å². The number of rotatable bonds is 4. The van der Waals surface area contributed by atoms with E-state index in [1.54, 1.807) is 0 Å². The molecule has 0 aliphatic carbocycles. The molecule has 3 aromatic carbocycles. The highest BCUT2D eigenvalue weighted by Crippen LogP contribution is 2.35. The number of hydrogen-bond acceptors (Lipinski definition) is 7. The molecule has 29 heavy (non-hydrogen) atoms. The fourth-order valence-corrected chi connectivity index (χ4v) is 4.20. The number of nitro groups is 1. The molecule has 0 radical (unpaired) electrons. The topological polar surface area (TPSA) is 94.1 Å². The van der Waals surface area contributed by atoms with Gasteiger partial charge in [-0.05, 0) is 41.8 Å². The normalized spacial score (nSPS) is 11.2. The van der Waals surface area contributed by atoms with Crippen molar-refractivity contribution in [3.63, 3.8) is 0 Å². The first-order valence-corrected chi connectivity index (χ1v) is 9.67. The lowest BCUT2D eigenvalue weighted by Crippen LogP contribution is -1.91. The Morgan fingerprint density at radius 3 is 2.66 bits per heavy atom. The fourth-order valence-electron chi connectivity index (χ4n) is 3.22. The van der Waals surface area contributed by atoms with Crippen molar-refractivity contribution < 1.29 is 9.34 Å². The van der Waals surface area contributed by atoms with Crippen LogP contribution < -0.4 is 5.32 Å². The van der Waals surface area contributed by atoms with Crippen molar-refractivity contribution in [2.45, 2.75) is 6.92 Å². The summed E-state index contributed by atoms with van der Waals surface area (Å²) in [6, 6.07) is 19.6. The van der Waals surface area contributed by atoms with Crippen LogP contribution in [0.3, 0.4) is 0 Å². The van der Waals surface area contributed by atoms with E-state index in [0.29, 0.717) is 22.2 Å². The van der Waals surface area contributed by atoms with Crippen LogP contribution in [-0.2, 0) is 0 Å². The summed E-state index contributed by atoms with van der Waals surface area (Å²) in [6.07, 6.45) is 0. The molecule has 5 rings (SSSR count). The third-order valence-electron chi connectivity index (χ3n) is 4.52. The molecule has 1 N–H and O–H groups in total. The first kappa shape index (κ1) is 17.3. The molecule has 0 unspecified atom stereocenters. The lowest BCUT2D eigenvalue weighted by molar-refractivity contribution is -0.383. The zero-order valence-corrected chi connectivity index (χ0v) is 16.1. The highest BCUT2D eigenvalue weighted by atomic mass is 32.1. The molecule has 0 spiro atoms. The van der Waals surface area contributed by atoms with E-state index >= 15 is 0 Å². The molecule has 2 heterocycles. The van der Waals surface area contributed by atoms with Crippen LogP contribution in [0.15, 0.2) is 65.1 Å². The van der Waals surface area contributed by atoms with Crippen LogP contribution in [0.25, 0.3) is 32.4 Å². The molecule has 0 fully saturated rings. The van der Waals surface area contributed by atoms with Crippen LogP contribution in [0.5, 0.6) is 0 Å². The van der Waals surface area contributed by atoms with E-state index in [1.165, 1.54) is 17.4 Å². The number of thiazole rings is 1. The molecule has 0 aliphatic rings. The quantitative estimate of drug-likeness (QED) is 0.290. The number of non-ortho nitro benzene ring substituents is 1. The van der Waals surface area contributed by atoms with E-state index in [1.807, 2.05) is 61.5 Å². The minimum absolute atomic E-state index is 0.00521. The summed E-state index contributed by atoms with van der Waals surface area (Å²) in [5, 5.41) is 14.8. The van der Waals surface area contributed by atoms with Gasteiger partial charge in [-0.3, -0.25) is 15.4 Å². The van der Waals surface area contributed by atoms with E-state index in [0.717, 1.165) is 26.9 Å². The van der Waals surface area contributed by atoms with E-state index in [4.69, 9.17) is 4.42 Å². The molecule has 8 heteroatoms. The highest BCUT2D eigenvalue weighted by molar-refractivity contribution is 7.22. The molecule has 0 bridgehead atoms. The average molecular weight is 402 g/mol. The van der Waals surface area contributed by atoms with Gasteiger partial charge in [-0.2, -0.15) is 4.98 Å². The Balaban J connectivity index is 1.50. The third kappa shape index (κ3) is 3.19.